The van der Waals surface area contributed by atoms with Gasteiger partial charge >= 0.3 is 25.0 Å². The van der Waals surface area contributed by atoms with Crippen LogP contribution in [0.5, 0.6) is 5.88 Å². The third kappa shape index (κ3) is 5.41. The molecule has 0 radical (unpaired) electrons. The molecule has 0 unspecified atom stereocenters. The molecule has 102 valence electrons. The summed E-state index contributed by atoms with van der Waals surface area (Å²) in [7, 11) is 0. The van der Waals surface area contributed by atoms with Crippen molar-refractivity contribution in [1.82, 2.24) is 4.98 Å². The molecule has 0 fully saturated rings. The number of rotatable bonds is 4. The summed E-state index contributed by atoms with van der Waals surface area (Å²) in [6, 6.07) is 3.10. The van der Waals surface area contributed by atoms with Crippen LogP contribution in [0, 0.1) is 13.8 Å². The molecule has 0 spiro atoms. The van der Waals surface area contributed by atoms with Crippen LogP contribution >= 0.6 is 0 Å². The van der Waals surface area contributed by atoms with Crippen LogP contribution in [-0.4, -0.2) is 33.5 Å². The fourth-order valence-electron chi connectivity index (χ4n) is 1.11. The van der Waals surface area contributed by atoms with Gasteiger partial charge in [0.05, 0.1) is 6.10 Å². The summed E-state index contributed by atoms with van der Waals surface area (Å²) < 4.78 is 42.0. The number of hydrogen-bond acceptors (Lipinski definition) is 4. The van der Waals surface area contributed by atoms with Crippen molar-refractivity contribution < 1.29 is 47.0 Å². The third-order valence-corrected chi connectivity index (χ3v) is 2.06. The molecule has 1 aromatic rings. The van der Waals surface area contributed by atoms with Crippen molar-refractivity contribution in [3.63, 3.8) is 0 Å². The number of hydrogen-bond donors (Lipinski definition) is 2. The van der Waals surface area contributed by atoms with E-state index in [1.54, 1.807) is 0 Å². The van der Waals surface area contributed by atoms with Crippen LogP contribution in [0.25, 0.3) is 0 Å². The Hall–Kier alpha value is -0.743. The van der Waals surface area contributed by atoms with Gasteiger partial charge in [0, 0.05) is 12.2 Å². The summed E-state index contributed by atoms with van der Waals surface area (Å²) in [5.74, 6) is -0.343. The van der Waals surface area contributed by atoms with Crippen LogP contribution in [0.15, 0.2) is 18.2 Å². The monoisotopic (exact) mass is 270 g/mol. The first-order valence-corrected chi connectivity index (χ1v) is 4.95. The zero-order chi connectivity index (χ0) is 13.9. The molecule has 2 N–H and O–H groups in total. The van der Waals surface area contributed by atoms with E-state index in [-0.39, 0.29) is 24.7 Å². The van der Waals surface area contributed by atoms with E-state index in [0.717, 1.165) is 12.1 Å². The van der Waals surface area contributed by atoms with Gasteiger partial charge in [0.1, 0.15) is 5.69 Å². The van der Waals surface area contributed by atoms with Gasteiger partial charge in [-0.2, -0.15) is 13.2 Å². The fraction of sp³-hybridized carbons (Fsp3) is 0.364. The summed E-state index contributed by atoms with van der Waals surface area (Å²) in [4.78, 5) is 3.23. The van der Waals surface area contributed by atoms with Crippen LogP contribution < -0.4 is 23.6 Å². The smallest absolute Gasteiger partial charge is 0.505 e. The fourth-order valence-corrected chi connectivity index (χ4v) is 1.11. The van der Waals surface area contributed by atoms with Crippen molar-refractivity contribution in [2.24, 2.45) is 0 Å². The van der Waals surface area contributed by atoms with Crippen LogP contribution in [0.2, 0.25) is 0 Å². The van der Waals surface area contributed by atoms with E-state index >= 15 is 0 Å². The molecular formula is C11H12F3LiNO3-. The second-order valence-corrected chi connectivity index (χ2v) is 3.57. The molecule has 0 aliphatic heterocycles. The summed E-state index contributed by atoms with van der Waals surface area (Å²) >= 11 is 0. The minimum Gasteiger partial charge on any atom is -0.505 e. The molecule has 0 amide bonds. The van der Waals surface area contributed by atoms with E-state index in [1.165, 1.54) is 6.07 Å². The van der Waals surface area contributed by atoms with Crippen molar-refractivity contribution in [2.45, 2.75) is 24.5 Å². The SMILES string of the molecule is [CH2-][C@H](O)[C@H](O)[C@H]([CH2-])Oc1cccc(C(F)(F)F)n1.[Li+]. The quantitative estimate of drug-likeness (QED) is 0.503. The molecular weight excluding hydrogens is 258 g/mol. The summed E-state index contributed by atoms with van der Waals surface area (Å²) in [6.45, 7) is 6.50. The molecule has 8 heteroatoms. The summed E-state index contributed by atoms with van der Waals surface area (Å²) in [6.07, 6.45) is -8.56. The molecule has 3 atom stereocenters. The maximum Gasteiger partial charge on any atom is 1.00 e. The van der Waals surface area contributed by atoms with E-state index in [0.29, 0.717) is 0 Å². The molecule has 1 aromatic heterocycles. The Morgan fingerprint density at radius 2 is 1.79 bits per heavy atom. The molecule has 1 heterocycles. The topological polar surface area (TPSA) is 62.6 Å². The number of alkyl halides is 3. The molecule has 0 aromatic carbocycles. The normalized spacial score (nSPS) is 16.2. The van der Waals surface area contributed by atoms with E-state index in [9.17, 15) is 18.3 Å². The number of ether oxygens (including phenoxy) is 1. The van der Waals surface area contributed by atoms with Gasteiger partial charge in [-0.3, -0.25) is 0 Å². The van der Waals surface area contributed by atoms with Gasteiger partial charge < -0.3 is 28.8 Å². The van der Waals surface area contributed by atoms with Gasteiger partial charge in [-0.15, -0.1) is 0 Å². The van der Waals surface area contributed by atoms with Crippen molar-refractivity contribution >= 4 is 0 Å². The summed E-state index contributed by atoms with van der Waals surface area (Å²) in [5.41, 5.74) is -1.11. The Labute approximate surface area is 120 Å². The average Bonchev–Trinajstić information content (AvgIpc) is 2.27. The van der Waals surface area contributed by atoms with Crippen LogP contribution in [0.4, 0.5) is 13.2 Å². The molecule has 19 heavy (non-hydrogen) atoms. The molecule has 0 saturated carbocycles. The minimum atomic E-state index is -4.58. The number of aliphatic hydroxyl groups is 2. The van der Waals surface area contributed by atoms with E-state index in [2.05, 4.69) is 18.8 Å². The first-order chi connectivity index (χ1) is 8.21. The van der Waals surface area contributed by atoms with Crippen molar-refractivity contribution in [2.75, 3.05) is 0 Å². The van der Waals surface area contributed by atoms with E-state index in [4.69, 9.17) is 9.84 Å². The van der Waals surface area contributed by atoms with Crippen LogP contribution in [0.1, 0.15) is 5.69 Å². The second-order valence-electron chi connectivity index (χ2n) is 3.57. The Bertz CT molecular complexity index is 401. The van der Waals surface area contributed by atoms with E-state index in [1.807, 2.05) is 0 Å². The van der Waals surface area contributed by atoms with E-state index < -0.39 is 30.2 Å². The van der Waals surface area contributed by atoms with Crippen LogP contribution in [-0.2, 0) is 6.18 Å². The molecule has 0 aliphatic carbocycles. The first kappa shape index (κ1) is 18.3. The Kier molecular flexibility index (Phi) is 6.87. The van der Waals surface area contributed by atoms with Crippen LogP contribution in [0.3, 0.4) is 0 Å². The predicted octanol–water partition coefficient (Wildman–Crippen LogP) is -1.76. The van der Waals surface area contributed by atoms with Gasteiger partial charge in [0.15, 0.2) is 0 Å². The van der Waals surface area contributed by atoms with Crippen molar-refractivity contribution in [3.05, 3.63) is 37.7 Å². The molecule has 0 aliphatic rings. The maximum atomic E-state index is 12.4. The number of pyridine rings is 1. The predicted molar refractivity (Wildman–Crippen MR) is 56.4 cm³/mol. The largest absolute Gasteiger partial charge is 1.00 e. The second kappa shape index (κ2) is 7.15. The standard InChI is InChI=1S/C11H12F3NO3.Li/c1-6(16)10(17)7(2)18-9-5-3-4-8(15-9)11(12,13)14;/h3-7,10,16-17H,1-2H2;/q-2;+1/t6-,7-,10-;/m0./s1. The third-order valence-electron chi connectivity index (χ3n) is 2.06. The Balaban J connectivity index is 0.00000324. The number of nitrogens with zero attached hydrogens (tertiary/aromatic N) is 1. The van der Waals surface area contributed by atoms with Gasteiger partial charge in [0.2, 0.25) is 5.88 Å². The average molecular weight is 270 g/mol. The Morgan fingerprint density at radius 1 is 1.21 bits per heavy atom. The molecule has 0 bridgehead atoms. The first-order valence-electron chi connectivity index (χ1n) is 4.95. The van der Waals surface area contributed by atoms with Crippen molar-refractivity contribution in [1.29, 1.82) is 0 Å². The van der Waals surface area contributed by atoms with Gasteiger partial charge in [-0.25, -0.2) is 4.98 Å². The number of aromatic nitrogens is 1. The number of aliphatic hydroxyl groups excluding tert-OH is 2. The Morgan fingerprint density at radius 3 is 2.26 bits per heavy atom. The molecule has 0 saturated heterocycles. The summed E-state index contributed by atoms with van der Waals surface area (Å²) in [5, 5.41) is 18.3. The number of halogens is 3. The molecule has 4 nitrogen and oxygen atoms in total. The maximum absolute atomic E-state index is 12.4. The van der Waals surface area contributed by atoms with Gasteiger partial charge in [0.25, 0.3) is 0 Å². The molecule has 1 rings (SSSR count). The minimum absolute atomic E-state index is 0. The van der Waals surface area contributed by atoms with Gasteiger partial charge in [-0.1, -0.05) is 6.07 Å². The van der Waals surface area contributed by atoms with Gasteiger partial charge in [-0.05, 0) is 12.2 Å². The zero-order valence-corrected chi connectivity index (χ0v) is 10.3. The van der Waals surface area contributed by atoms with Crippen molar-refractivity contribution in [3.8, 4) is 5.88 Å². The zero-order valence-electron chi connectivity index (χ0n) is 10.3.